The number of nitrogens with zero attached hydrogens (tertiary/aromatic N) is 2. The van der Waals surface area contributed by atoms with E-state index in [2.05, 4.69) is 9.97 Å². The van der Waals surface area contributed by atoms with Crippen molar-refractivity contribution in [3.8, 4) is 28.5 Å². The highest BCUT2D eigenvalue weighted by Crippen LogP contribution is 2.32. The van der Waals surface area contributed by atoms with E-state index < -0.39 is 0 Å². The van der Waals surface area contributed by atoms with Crippen LogP contribution in [0.4, 0.5) is 0 Å². The molecule has 1 atom stereocenters. The van der Waals surface area contributed by atoms with Crippen LogP contribution in [0.25, 0.3) is 11.3 Å². The fourth-order valence-electron chi connectivity index (χ4n) is 2.65. The molecule has 1 aliphatic rings. The van der Waals surface area contributed by atoms with Gasteiger partial charge in [-0.2, -0.15) is 0 Å². The maximum absolute atomic E-state index is 5.98. The van der Waals surface area contributed by atoms with Crippen LogP contribution >= 0.6 is 11.8 Å². The van der Waals surface area contributed by atoms with Crippen LogP contribution < -0.4 is 14.2 Å². The van der Waals surface area contributed by atoms with Crippen LogP contribution in [-0.4, -0.2) is 35.5 Å². The second-order valence-electron chi connectivity index (χ2n) is 5.76. The molecule has 0 N–H and O–H groups in total. The molecule has 6 heteroatoms. The maximum atomic E-state index is 5.98. The quantitative estimate of drug-likeness (QED) is 0.501. The van der Waals surface area contributed by atoms with Crippen molar-refractivity contribution in [2.75, 3.05) is 19.5 Å². The molecule has 2 heterocycles. The van der Waals surface area contributed by atoms with Gasteiger partial charge >= 0.3 is 0 Å². The zero-order valence-electron chi connectivity index (χ0n) is 14.3. The number of methoxy groups -OCH3 is 1. The molecule has 3 aromatic rings. The highest BCUT2D eigenvalue weighted by molar-refractivity contribution is 7.99. The summed E-state index contributed by atoms with van der Waals surface area (Å²) in [7, 11) is 1.66. The normalized spacial score (nSPS) is 15.5. The Kier molecular flexibility index (Phi) is 4.93. The molecule has 132 valence electrons. The molecule has 0 aliphatic carbocycles. The van der Waals surface area contributed by atoms with Gasteiger partial charge in [0, 0.05) is 17.5 Å². The molecule has 0 radical (unpaired) electrons. The van der Waals surface area contributed by atoms with Crippen molar-refractivity contribution in [3.63, 3.8) is 0 Å². The Bertz CT molecular complexity index is 886. The van der Waals surface area contributed by atoms with E-state index >= 15 is 0 Å². The van der Waals surface area contributed by atoms with Gasteiger partial charge in [-0.05, 0) is 42.5 Å². The number of thioether (sulfide) groups is 1. The van der Waals surface area contributed by atoms with Gasteiger partial charge in [-0.1, -0.05) is 23.9 Å². The fraction of sp³-hybridized carbons (Fsp3) is 0.200. The van der Waals surface area contributed by atoms with Gasteiger partial charge in [0.05, 0.1) is 12.8 Å². The monoisotopic (exact) mass is 366 g/mol. The molecular weight excluding hydrogens is 348 g/mol. The fourth-order valence-corrected chi connectivity index (χ4v) is 3.44. The number of para-hydroxylation sites is 2. The molecule has 4 rings (SSSR count). The van der Waals surface area contributed by atoms with Gasteiger partial charge in [-0.15, -0.1) is 0 Å². The third kappa shape index (κ3) is 3.75. The largest absolute Gasteiger partial charge is 0.497 e. The van der Waals surface area contributed by atoms with Crippen molar-refractivity contribution in [2.45, 2.75) is 11.3 Å². The van der Waals surface area contributed by atoms with E-state index in [0.29, 0.717) is 6.61 Å². The lowest BCUT2D eigenvalue weighted by Gasteiger charge is -2.25. The zero-order chi connectivity index (χ0) is 17.8. The Balaban J connectivity index is 1.41. The summed E-state index contributed by atoms with van der Waals surface area (Å²) in [5.74, 6) is 3.14. The van der Waals surface area contributed by atoms with E-state index in [1.807, 2.05) is 54.6 Å². The summed E-state index contributed by atoms with van der Waals surface area (Å²) in [6.45, 7) is 0.530. The van der Waals surface area contributed by atoms with E-state index in [1.165, 1.54) is 0 Å². The third-order valence-corrected chi connectivity index (χ3v) is 4.98. The molecule has 5 nitrogen and oxygen atoms in total. The van der Waals surface area contributed by atoms with Crippen molar-refractivity contribution >= 4 is 11.8 Å². The predicted molar refractivity (Wildman–Crippen MR) is 101 cm³/mol. The summed E-state index contributed by atoms with van der Waals surface area (Å²) >= 11 is 1.57. The molecule has 0 bridgehead atoms. The average molecular weight is 366 g/mol. The van der Waals surface area contributed by atoms with Crippen LogP contribution in [-0.2, 0) is 0 Å². The van der Waals surface area contributed by atoms with Gasteiger partial charge in [0.25, 0.3) is 0 Å². The summed E-state index contributed by atoms with van der Waals surface area (Å²) in [6.07, 6.45) is 1.76. The van der Waals surface area contributed by atoms with Crippen molar-refractivity contribution in [1.82, 2.24) is 9.97 Å². The first kappa shape index (κ1) is 16.7. The number of benzene rings is 2. The van der Waals surface area contributed by atoms with Crippen LogP contribution in [0, 0.1) is 0 Å². The van der Waals surface area contributed by atoms with Crippen LogP contribution in [0.15, 0.2) is 66.0 Å². The molecule has 0 fully saturated rings. The Morgan fingerprint density at radius 3 is 2.69 bits per heavy atom. The lowest BCUT2D eigenvalue weighted by atomic mass is 10.1. The Hall–Kier alpha value is -2.73. The molecule has 0 unspecified atom stereocenters. The van der Waals surface area contributed by atoms with E-state index in [0.717, 1.165) is 39.4 Å². The summed E-state index contributed by atoms with van der Waals surface area (Å²) in [5, 5.41) is 0.723. The molecule has 2 aromatic carbocycles. The minimum atomic E-state index is -0.0249. The minimum Gasteiger partial charge on any atom is -0.497 e. The van der Waals surface area contributed by atoms with Crippen molar-refractivity contribution in [2.24, 2.45) is 0 Å². The first-order valence-electron chi connectivity index (χ1n) is 8.30. The lowest BCUT2D eigenvalue weighted by molar-refractivity contribution is 0.107. The molecule has 1 aromatic heterocycles. The maximum Gasteiger partial charge on any atom is 0.188 e. The number of aromatic nitrogens is 2. The smallest absolute Gasteiger partial charge is 0.188 e. The Labute approximate surface area is 156 Å². The van der Waals surface area contributed by atoms with Gasteiger partial charge in [-0.25, -0.2) is 9.97 Å². The van der Waals surface area contributed by atoms with E-state index in [4.69, 9.17) is 14.2 Å². The minimum absolute atomic E-state index is 0.0249. The summed E-state index contributed by atoms with van der Waals surface area (Å²) < 4.78 is 16.9. The molecule has 0 spiro atoms. The first-order valence-corrected chi connectivity index (χ1v) is 9.29. The number of hydrogen-bond acceptors (Lipinski definition) is 6. The van der Waals surface area contributed by atoms with Crippen LogP contribution in [0.2, 0.25) is 0 Å². The van der Waals surface area contributed by atoms with Gasteiger partial charge in [0.2, 0.25) is 0 Å². The molecular formula is C20H18N2O3S. The average Bonchev–Trinajstić information content (AvgIpc) is 2.72. The molecule has 26 heavy (non-hydrogen) atoms. The number of rotatable bonds is 5. The van der Waals surface area contributed by atoms with Gasteiger partial charge < -0.3 is 14.2 Å². The first-order chi connectivity index (χ1) is 12.8. The standard InChI is InChI=1S/C20H18N2O3S/c1-23-15-8-6-14(7-9-15)17-10-11-21-20(22-17)26-13-16-12-24-18-4-2-3-5-19(18)25-16/h2-11,16H,12-13H2,1H3/t16-/m0/s1. The summed E-state index contributed by atoms with van der Waals surface area (Å²) in [5.41, 5.74) is 1.91. The number of hydrogen-bond donors (Lipinski definition) is 0. The van der Waals surface area contributed by atoms with E-state index in [-0.39, 0.29) is 6.10 Å². The molecule has 1 aliphatic heterocycles. The second kappa shape index (κ2) is 7.66. The second-order valence-corrected chi connectivity index (χ2v) is 6.75. The van der Waals surface area contributed by atoms with Crippen molar-refractivity contribution in [3.05, 3.63) is 60.8 Å². The number of ether oxygens (including phenoxy) is 3. The lowest BCUT2D eigenvalue weighted by Crippen LogP contribution is -2.31. The van der Waals surface area contributed by atoms with E-state index in [9.17, 15) is 0 Å². The number of fused-ring (bicyclic) bond motifs is 1. The molecule has 0 saturated heterocycles. The van der Waals surface area contributed by atoms with Gasteiger partial charge in [-0.3, -0.25) is 0 Å². The summed E-state index contributed by atoms with van der Waals surface area (Å²) in [6, 6.07) is 17.5. The Morgan fingerprint density at radius 2 is 1.88 bits per heavy atom. The van der Waals surface area contributed by atoms with E-state index in [1.54, 1.807) is 25.1 Å². The molecule has 0 amide bonds. The van der Waals surface area contributed by atoms with Gasteiger partial charge in [0.15, 0.2) is 16.7 Å². The van der Waals surface area contributed by atoms with Crippen LogP contribution in [0.5, 0.6) is 17.2 Å². The zero-order valence-corrected chi connectivity index (χ0v) is 15.1. The SMILES string of the molecule is COc1ccc(-c2ccnc(SC[C@@H]3COc4ccccc4O3)n2)cc1. The van der Waals surface area contributed by atoms with Crippen LogP contribution in [0.1, 0.15) is 0 Å². The van der Waals surface area contributed by atoms with Crippen molar-refractivity contribution < 1.29 is 14.2 Å². The Morgan fingerprint density at radius 1 is 1.08 bits per heavy atom. The molecule has 0 saturated carbocycles. The highest BCUT2D eigenvalue weighted by Gasteiger charge is 2.21. The van der Waals surface area contributed by atoms with Crippen molar-refractivity contribution in [1.29, 1.82) is 0 Å². The van der Waals surface area contributed by atoms with Crippen LogP contribution in [0.3, 0.4) is 0 Å². The topological polar surface area (TPSA) is 53.5 Å². The highest BCUT2D eigenvalue weighted by atomic mass is 32.2. The third-order valence-electron chi connectivity index (χ3n) is 3.99. The van der Waals surface area contributed by atoms with Gasteiger partial charge in [0.1, 0.15) is 18.5 Å². The predicted octanol–water partition coefficient (Wildman–Crippen LogP) is 4.08. The summed E-state index contributed by atoms with van der Waals surface area (Å²) in [4.78, 5) is 9.00.